The second-order valence-corrected chi connectivity index (χ2v) is 7.34. The van der Waals surface area contributed by atoms with E-state index in [-0.39, 0.29) is 18.0 Å². The van der Waals surface area contributed by atoms with Gasteiger partial charge in [0.25, 0.3) is 0 Å². The van der Waals surface area contributed by atoms with Gasteiger partial charge in [0.1, 0.15) is 17.3 Å². The predicted molar refractivity (Wildman–Crippen MR) is 90.8 cm³/mol. The van der Waals surface area contributed by atoms with E-state index in [2.05, 4.69) is 10.3 Å². The minimum atomic E-state index is -0.530. The van der Waals surface area contributed by atoms with Crippen LogP contribution >= 0.6 is 0 Å². The van der Waals surface area contributed by atoms with Gasteiger partial charge in [0.05, 0.1) is 7.11 Å². The number of hydrogen-bond acceptors (Lipinski definition) is 5. The summed E-state index contributed by atoms with van der Waals surface area (Å²) >= 11 is 0. The number of rotatable bonds is 8. The van der Waals surface area contributed by atoms with E-state index in [4.69, 9.17) is 9.47 Å². The van der Waals surface area contributed by atoms with E-state index < -0.39 is 5.60 Å². The summed E-state index contributed by atoms with van der Waals surface area (Å²) in [6.07, 6.45) is 5.57. The number of H-pyrrole nitrogens is 1. The lowest BCUT2D eigenvalue weighted by atomic mass is 10.1. The van der Waals surface area contributed by atoms with Crippen LogP contribution < -0.4 is 5.32 Å². The molecule has 1 aliphatic carbocycles. The average molecular weight is 336 g/mol. The summed E-state index contributed by atoms with van der Waals surface area (Å²) in [7, 11) is 1.41. The van der Waals surface area contributed by atoms with Gasteiger partial charge in [-0.15, -0.1) is 0 Å². The zero-order valence-corrected chi connectivity index (χ0v) is 15.0. The lowest BCUT2D eigenvalue weighted by Gasteiger charge is -2.19. The second kappa shape index (κ2) is 7.83. The van der Waals surface area contributed by atoms with Crippen molar-refractivity contribution in [2.75, 3.05) is 13.7 Å². The molecule has 6 nitrogen and oxygen atoms in total. The van der Waals surface area contributed by atoms with Crippen LogP contribution in [0, 0.1) is 5.92 Å². The SMILES string of the molecule is COC(=O)[C@H](CC1CC1)NCCc1cc[nH]c1C(=O)OC(C)(C)C. The van der Waals surface area contributed by atoms with Crippen molar-refractivity contribution in [2.24, 2.45) is 5.92 Å². The van der Waals surface area contributed by atoms with Gasteiger partial charge in [0, 0.05) is 12.7 Å². The molecule has 0 aromatic carbocycles. The molecule has 6 heteroatoms. The van der Waals surface area contributed by atoms with E-state index in [1.165, 1.54) is 20.0 Å². The topological polar surface area (TPSA) is 80.4 Å². The first-order valence-electron chi connectivity index (χ1n) is 8.51. The van der Waals surface area contributed by atoms with Crippen molar-refractivity contribution in [3.63, 3.8) is 0 Å². The number of aromatic nitrogens is 1. The molecule has 0 bridgehead atoms. The van der Waals surface area contributed by atoms with Gasteiger partial charge in [0.2, 0.25) is 0 Å². The molecule has 1 aromatic heterocycles. The van der Waals surface area contributed by atoms with Gasteiger partial charge >= 0.3 is 11.9 Å². The molecule has 1 atom stereocenters. The van der Waals surface area contributed by atoms with E-state index in [1.54, 1.807) is 6.20 Å². The summed E-state index contributed by atoms with van der Waals surface area (Å²) in [5.74, 6) is 0.0551. The van der Waals surface area contributed by atoms with Crippen molar-refractivity contribution < 1.29 is 19.1 Å². The van der Waals surface area contributed by atoms with Crippen LogP contribution in [0.1, 0.15) is 56.1 Å². The molecule has 1 fully saturated rings. The van der Waals surface area contributed by atoms with Crippen molar-refractivity contribution in [1.82, 2.24) is 10.3 Å². The molecule has 1 saturated carbocycles. The van der Waals surface area contributed by atoms with Crippen LogP contribution in [0.2, 0.25) is 0 Å². The number of methoxy groups -OCH3 is 1. The molecule has 0 spiro atoms. The number of aromatic amines is 1. The van der Waals surface area contributed by atoms with Crippen LogP contribution in [0.3, 0.4) is 0 Å². The fraction of sp³-hybridized carbons (Fsp3) is 0.667. The summed E-state index contributed by atoms with van der Waals surface area (Å²) < 4.78 is 10.3. The fourth-order valence-electron chi connectivity index (χ4n) is 2.60. The van der Waals surface area contributed by atoms with E-state index in [1.807, 2.05) is 26.8 Å². The van der Waals surface area contributed by atoms with Crippen LogP contribution in [-0.2, 0) is 20.7 Å². The Bertz CT molecular complexity index is 570. The predicted octanol–water partition coefficient (Wildman–Crippen LogP) is 2.44. The van der Waals surface area contributed by atoms with Crippen molar-refractivity contribution >= 4 is 11.9 Å². The van der Waals surface area contributed by atoms with Gasteiger partial charge in [-0.3, -0.25) is 4.79 Å². The molecule has 0 amide bonds. The Morgan fingerprint density at radius 3 is 2.67 bits per heavy atom. The highest BCUT2D eigenvalue weighted by Gasteiger charge is 2.29. The van der Waals surface area contributed by atoms with Crippen molar-refractivity contribution in [3.05, 3.63) is 23.5 Å². The minimum absolute atomic E-state index is 0.219. The van der Waals surface area contributed by atoms with E-state index in [0.717, 1.165) is 12.0 Å². The highest BCUT2D eigenvalue weighted by atomic mass is 16.6. The second-order valence-electron chi connectivity index (χ2n) is 7.34. The third kappa shape index (κ3) is 5.67. The maximum Gasteiger partial charge on any atom is 0.355 e. The lowest BCUT2D eigenvalue weighted by Crippen LogP contribution is -2.39. The minimum Gasteiger partial charge on any atom is -0.468 e. The normalized spacial score (nSPS) is 15.8. The van der Waals surface area contributed by atoms with Crippen LogP contribution in [0.4, 0.5) is 0 Å². The van der Waals surface area contributed by atoms with E-state index >= 15 is 0 Å². The third-order valence-corrected chi connectivity index (χ3v) is 3.97. The zero-order valence-electron chi connectivity index (χ0n) is 15.0. The molecule has 2 N–H and O–H groups in total. The summed E-state index contributed by atoms with van der Waals surface area (Å²) in [6, 6.07) is 1.60. The molecule has 0 unspecified atom stereocenters. The number of carbonyl (C=O) groups excluding carboxylic acids is 2. The molecule has 0 radical (unpaired) electrons. The molecule has 134 valence electrons. The Morgan fingerprint density at radius 1 is 1.38 bits per heavy atom. The monoisotopic (exact) mass is 336 g/mol. The summed E-state index contributed by atoms with van der Waals surface area (Å²) in [5.41, 5.74) is 0.827. The first-order valence-corrected chi connectivity index (χ1v) is 8.51. The quantitative estimate of drug-likeness (QED) is 0.713. The Hall–Kier alpha value is -1.82. The number of ether oxygens (including phenoxy) is 2. The molecule has 0 aliphatic heterocycles. The Balaban J connectivity index is 1.88. The number of nitrogens with one attached hydrogen (secondary N) is 2. The van der Waals surface area contributed by atoms with Gasteiger partial charge in [-0.1, -0.05) is 12.8 Å². The molecule has 2 rings (SSSR count). The molecule has 24 heavy (non-hydrogen) atoms. The molecular weight excluding hydrogens is 308 g/mol. The zero-order chi connectivity index (χ0) is 17.7. The van der Waals surface area contributed by atoms with Crippen LogP contribution in [0.5, 0.6) is 0 Å². The fourth-order valence-corrected chi connectivity index (χ4v) is 2.60. The summed E-state index contributed by atoms with van der Waals surface area (Å²) in [6.45, 7) is 6.12. The molecule has 1 aromatic rings. The van der Waals surface area contributed by atoms with E-state index in [9.17, 15) is 9.59 Å². The van der Waals surface area contributed by atoms with Gasteiger partial charge < -0.3 is 19.8 Å². The van der Waals surface area contributed by atoms with Gasteiger partial charge in [0.15, 0.2) is 0 Å². The third-order valence-electron chi connectivity index (χ3n) is 3.97. The average Bonchev–Trinajstić information content (AvgIpc) is 3.18. The molecular formula is C18H28N2O4. The first-order chi connectivity index (χ1) is 11.3. The van der Waals surface area contributed by atoms with Crippen molar-refractivity contribution in [1.29, 1.82) is 0 Å². The number of carbonyl (C=O) groups is 2. The Kier molecular flexibility index (Phi) is 6.04. The maximum absolute atomic E-state index is 12.2. The molecule has 1 aliphatic rings. The first kappa shape index (κ1) is 18.5. The standard InChI is InChI=1S/C18H28N2O4/c1-18(2,3)24-17(22)15-13(8-10-20-15)7-9-19-14(16(21)23-4)11-12-5-6-12/h8,10,12,14,19-20H,5-7,9,11H2,1-4H3/t14-/m0/s1. The maximum atomic E-state index is 12.2. The van der Waals surface area contributed by atoms with Crippen LogP contribution in [0.15, 0.2) is 12.3 Å². The van der Waals surface area contributed by atoms with Gasteiger partial charge in [-0.05, 0) is 51.2 Å². The van der Waals surface area contributed by atoms with Crippen molar-refractivity contribution in [3.8, 4) is 0 Å². The van der Waals surface area contributed by atoms with E-state index in [0.29, 0.717) is 24.6 Å². The highest BCUT2D eigenvalue weighted by Crippen LogP contribution is 2.33. The lowest BCUT2D eigenvalue weighted by molar-refractivity contribution is -0.143. The largest absolute Gasteiger partial charge is 0.468 e. The summed E-state index contributed by atoms with van der Waals surface area (Å²) in [4.78, 5) is 27.0. The van der Waals surface area contributed by atoms with Crippen LogP contribution in [-0.4, -0.2) is 42.2 Å². The Morgan fingerprint density at radius 2 is 2.08 bits per heavy atom. The Labute approximate surface area is 143 Å². The van der Waals surface area contributed by atoms with Crippen molar-refractivity contribution in [2.45, 2.75) is 58.1 Å². The number of hydrogen-bond donors (Lipinski definition) is 2. The number of esters is 2. The summed E-state index contributed by atoms with van der Waals surface area (Å²) in [5, 5.41) is 3.25. The van der Waals surface area contributed by atoms with Crippen LogP contribution in [0.25, 0.3) is 0 Å². The highest BCUT2D eigenvalue weighted by molar-refractivity contribution is 5.89. The van der Waals surface area contributed by atoms with Gasteiger partial charge in [-0.25, -0.2) is 4.79 Å². The smallest absolute Gasteiger partial charge is 0.355 e. The molecule has 0 saturated heterocycles. The van der Waals surface area contributed by atoms with Gasteiger partial charge in [-0.2, -0.15) is 0 Å². The molecule has 1 heterocycles.